The van der Waals surface area contributed by atoms with Gasteiger partial charge in [-0.05, 0) is 75.0 Å². The van der Waals surface area contributed by atoms with Crippen molar-refractivity contribution in [1.82, 2.24) is 9.62 Å². The van der Waals surface area contributed by atoms with Crippen LogP contribution in [-0.4, -0.2) is 45.4 Å². The smallest absolute Gasteiger partial charge is 0.240 e. The summed E-state index contributed by atoms with van der Waals surface area (Å²) in [5.41, 5.74) is 2.83. The van der Waals surface area contributed by atoms with E-state index in [9.17, 15) is 13.2 Å². The summed E-state index contributed by atoms with van der Waals surface area (Å²) >= 11 is 3.43. The van der Waals surface area contributed by atoms with Crippen LogP contribution >= 0.6 is 15.9 Å². The highest BCUT2D eigenvalue weighted by Gasteiger charge is 2.24. The number of sulfonamides is 1. The molecule has 2 aromatic carbocycles. The number of rotatable bonds is 7. The Hall–Kier alpha value is -1.74. The van der Waals surface area contributed by atoms with Crippen molar-refractivity contribution in [3.05, 3.63) is 58.1 Å². The van der Waals surface area contributed by atoms with Crippen molar-refractivity contribution in [3.8, 4) is 0 Å². The molecule has 1 atom stereocenters. The number of hydrogen-bond acceptors (Lipinski definition) is 4. The van der Waals surface area contributed by atoms with Gasteiger partial charge in [-0.2, -0.15) is 0 Å². The van der Waals surface area contributed by atoms with Crippen LogP contribution in [0.25, 0.3) is 0 Å². The molecule has 0 bridgehead atoms. The first kappa shape index (κ1) is 22.9. The van der Waals surface area contributed by atoms with Gasteiger partial charge in [-0.1, -0.05) is 33.6 Å². The highest BCUT2D eigenvalue weighted by molar-refractivity contribution is 9.10. The van der Waals surface area contributed by atoms with Crippen LogP contribution in [0.1, 0.15) is 24.0 Å². The predicted molar refractivity (Wildman–Crippen MR) is 123 cm³/mol. The minimum Gasteiger partial charge on any atom is -0.325 e. The molecule has 1 unspecified atom stereocenters. The Morgan fingerprint density at radius 1 is 1.17 bits per heavy atom. The van der Waals surface area contributed by atoms with Crippen molar-refractivity contribution in [2.45, 2.75) is 31.6 Å². The quantitative estimate of drug-likeness (QED) is 0.616. The van der Waals surface area contributed by atoms with Crippen LogP contribution in [0.2, 0.25) is 0 Å². The molecule has 1 aliphatic heterocycles. The number of nitrogens with zero attached hydrogens (tertiary/aromatic N) is 1. The van der Waals surface area contributed by atoms with Gasteiger partial charge in [0.25, 0.3) is 0 Å². The molecule has 1 amide bonds. The Kier molecular flexibility index (Phi) is 7.68. The van der Waals surface area contributed by atoms with E-state index in [2.05, 4.69) is 30.9 Å². The van der Waals surface area contributed by atoms with E-state index in [-0.39, 0.29) is 16.7 Å². The van der Waals surface area contributed by atoms with Gasteiger partial charge in [0, 0.05) is 23.2 Å². The van der Waals surface area contributed by atoms with E-state index in [1.807, 2.05) is 32.0 Å². The molecule has 0 spiro atoms. The Morgan fingerprint density at radius 2 is 1.90 bits per heavy atom. The van der Waals surface area contributed by atoms with E-state index in [1.54, 1.807) is 24.3 Å². The second-order valence-corrected chi connectivity index (χ2v) is 10.6. The van der Waals surface area contributed by atoms with Crippen LogP contribution in [0.4, 0.5) is 5.69 Å². The van der Waals surface area contributed by atoms with Crippen LogP contribution in [0.5, 0.6) is 0 Å². The SMILES string of the molecule is Cc1ccc(S(=O)(=O)NCC2CCCN(CC(=O)Nc3ccc(Br)cc3C)C2)cc1. The number of likely N-dealkylation sites (tertiary alicyclic amines) is 1. The summed E-state index contributed by atoms with van der Waals surface area (Å²) in [4.78, 5) is 14.9. The number of carbonyl (C=O) groups excluding carboxylic acids is 1. The standard InChI is InChI=1S/C22H28BrN3O3S/c1-16-5-8-20(9-6-16)30(28,29)24-13-18-4-3-11-26(14-18)15-22(27)25-21-10-7-19(23)12-17(21)2/h5-10,12,18,24H,3-4,11,13-15H2,1-2H3,(H,25,27). The molecule has 30 heavy (non-hydrogen) atoms. The van der Waals surface area contributed by atoms with Crippen molar-refractivity contribution in [2.24, 2.45) is 5.92 Å². The number of amides is 1. The molecule has 1 saturated heterocycles. The first-order valence-electron chi connectivity index (χ1n) is 10.1. The normalized spacial score (nSPS) is 17.6. The lowest BCUT2D eigenvalue weighted by Crippen LogP contribution is -2.43. The van der Waals surface area contributed by atoms with Gasteiger partial charge < -0.3 is 5.32 Å². The maximum Gasteiger partial charge on any atom is 0.240 e. The number of carbonyl (C=O) groups is 1. The van der Waals surface area contributed by atoms with Gasteiger partial charge in [0.15, 0.2) is 0 Å². The topological polar surface area (TPSA) is 78.5 Å². The zero-order valence-corrected chi connectivity index (χ0v) is 19.7. The molecule has 8 heteroatoms. The molecule has 2 N–H and O–H groups in total. The molecule has 2 aromatic rings. The number of aryl methyl sites for hydroxylation is 2. The second kappa shape index (κ2) is 10.0. The fraction of sp³-hybridized carbons (Fsp3) is 0.409. The van der Waals surface area contributed by atoms with E-state index in [4.69, 9.17) is 0 Å². The fourth-order valence-electron chi connectivity index (χ4n) is 3.65. The molecule has 1 heterocycles. The van der Waals surface area contributed by atoms with Gasteiger partial charge in [-0.3, -0.25) is 9.69 Å². The van der Waals surface area contributed by atoms with Crippen molar-refractivity contribution < 1.29 is 13.2 Å². The Morgan fingerprint density at radius 3 is 2.60 bits per heavy atom. The number of benzene rings is 2. The number of nitrogens with one attached hydrogen (secondary N) is 2. The summed E-state index contributed by atoms with van der Waals surface area (Å²) in [7, 11) is -3.52. The van der Waals surface area contributed by atoms with Gasteiger partial charge in [-0.25, -0.2) is 13.1 Å². The van der Waals surface area contributed by atoms with Gasteiger partial charge >= 0.3 is 0 Å². The number of halogens is 1. The lowest BCUT2D eigenvalue weighted by atomic mass is 9.98. The van der Waals surface area contributed by atoms with Crippen LogP contribution in [0.3, 0.4) is 0 Å². The summed E-state index contributed by atoms with van der Waals surface area (Å²) in [6, 6.07) is 12.6. The largest absolute Gasteiger partial charge is 0.325 e. The molecular weight excluding hydrogens is 466 g/mol. The van der Waals surface area contributed by atoms with E-state index >= 15 is 0 Å². The van der Waals surface area contributed by atoms with Crippen molar-refractivity contribution in [1.29, 1.82) is 0 Å². The predicted octanol–water partition coefficient (Wildman–Crippen LogP) is 3.69. The number of hydrogen-bond donors (Lipinski definition) is 2. The molecule has 0 saturated carbocycles. The molecule has 6 nitrogen and oxygen atoms in total. The van der Waals surface area contributed by atoms with Crippen molar-refractivity contribution in [3.63, 3.8) is 0 Å². The van der Waals surface area contributed by atoms with Gasteiger partial charge in [0.1, 0.15) is 0 Å². The molecule has 0 radical (unpaired) electrons. The van der Waals surface area contributed by atoms with Crippen molar-refractivity contribution >= 4 is 37.5 Å². The number of piperidine rings is 1. The van der Waals surface area contributed by atoms with Gasteiger partial charge in [0.2, 0.25) is 15.9 Å². The molecular formula is C22H28BrN3O3S. The van der Waals surface area contributed by atoms with Gasteiger partial charge in [-0.15, -0.1) is 0 Å². The first-order chi connectivity index (χ1) is 14.2. The zero-order valence-electron chi connectivity index (χ0n) is 17.3. The zero-order chi connectivity index (χ0) is 21.7. The average Bonchev–Trinajstić information content (AvgIpc) is 2.69. The lowest BCUT2D eigenvalue weighted by molar-refractivity contribution is -0.117. The maximum atomic E-state index is 12.5. The summed E-state index contributed by atoms with van der Waals surface area (Å²) in [6.07, 6.45) is 1.89. The number of anilines is 1. The van der Waals surface area contributed by atoms with Crippen LogP contribution in [0.15, 0.2) is 51.8 Å². The average molecular weight is 494 g/mol. The summed E-state index contributed by atoms with van der Waals surface area (Å²) < 4.78 is 28.7. The molecule has 1 fully saturated rings. The van der Waals surface area contributed by atoms with Crippen LogP contribution in [-0.2, 0) is 14.8 Å². The molecule has 3 rings (SSSR count). The van der Waals surface area contributed by atoms with E-state index in [0.717, 1.165) is 40.7 Å². The van der Waals surface area contributed by atoms with E-state index in [0.29, 0.717) is 19.6 Å². The Labute approximate surface area is 187 Å². The fourth-order valence-corrected chi connectivity index (χ4v) is 5.24. The highest BCUT2D eigenvalue weighted by Crippen LogP contribution is 2.21. The molecule has 1 aliphatic rings. The Balaban J connectivity index is 1.51. The van der Waals surface area contributed by atoms with Gasteiger partial charge in [0.05, 0.1) is 11.4 Å². The molecule has 162 valence electrons. The third kappa shape index (κ3) is 6.38. The second-order valence-electron chi connectivity index (χ2n) is 7.92. The first-order valence-corrected chi connectivity index (χ1v) is 12.4. The monoisotopic (exact) mass is 493 g/mol. The summed E-state index contributed by atoms with van der Waals surface area (Å²) in [5.74, 6) is 0.127. The van der Waals surface area contributed by atoms with E-state index in [1.165, 1.54) is 0 Å². The molecule has 0 aliphatic carbocycles. The van der Waals surface area contributed by atoms with Crippen molar-refractivity contribution in [2.75, 3.05) is 31.5 Å². The van der Waals surface area contributed by atoms with E-state index < -0.39 is 10.0 Å². The van der Waals surface area contributed by atoms with Crippen LogP contribution < -0.4 is 10.0 Å². The van der Waals surface area contributed by atoms with Crippen LogP contribution in [0, 0.1) is 19.8 Å². The Bertz CT molecular complexity index is 993. The third-order valence-electron chi connectivity index (χ3n) is 5.33. The maximum absolute atomic E-state index is 12.5. The minimum atomic E-state index is -3.52. The lowest BCUT2D eigenvalue weighted by Gasteiger charge is -2.32. The summed E-state index contributed by atoms with van der Waals surface area (Å²) in [5, 5.41) is 2.97. The highest BCUT2D eigenvalue weighted by atomic mass is 79.9. The minimum absolute atomic E-state index is 0.0543. The molecule has 0 aromatic heterocycles. The summed E-state index contributed by atoms with van der Waals surface area (Å²) in [6.45, 7) is 6.10. The third-order valence-corrected chi connectivity index (χ3v) is 7.26.